The van der Waals surface area contributed by atoms with Crippen LogP contribution in [0.3, 0.4) is 0 Å². The van der Waals surface area contributed by atoms with Crippen LogP contribution >= 0.6 is 0 Å². The van der Waals surface area contributed by atoms with Crippen LogP contribution in [0.2, 0.25) is 0 Å². The van der Waals surface area contributed by atoms with Crippen molar-refractivity contribution in [3.63, 3.8) is 0 Å². The summed E-state index contributed by atoms with van der Waals surface area (Å²) in [6, 6.07) is 0. The van der Waals surface area contributed by atoms with E-state index in [1.54, 1.807) is 0 Å². The number of amides is 1. The number of hydrogen-bond acceptors (Lipinski definition) is 3. The van der Waals surface area contributed by atoms with Crippen LogP contribution in [-0.4, -0.2) is 41.7 Å². The zero-order valence-corrected chi connectivity index (χ0v) is 6.55. The summed E-state index contributed by atoms with van der Waals surface area (Å²) in [5.41, 5.74) is 7.95. The van der Waals surface area contributed by atoms with Crippen molar-refractivity contribution in [3.05, 3.63) is 10.4 Å². The van der Waals surface area contributed by atoms with Gasteiger partial charge in [0.2, 0.25) is 5.91 Å². The van der Waals surface area contributed by atoms with Crippen LogP contribution in [0.1, 0.15) is 6.42 Å². The molecule has 1 rings (SSSR count). The maximum Gasteiger partial charge on any atom is 0.228 e. The highest BCUT2D eigenvalue weighted by Gasteiger charge is 2.23. The first kappa shape index (κ1) is 8.83. The van der Waals surface area contributed by atoms with Crippen molar-refractivity contribution >= 4 is 5.91 Å². The Morgan fingerprint density at radius 2 is 2.58 bits per heavy atom. The molecule has 1 aliphatic heterocycles. The minimum Gasteiger partial charge on any atom is -0.391 e. The van der Waals surface area contributed by atoms with Gasteiger partial charge in [0.25, 0.3) is 0 Å². The minimum absolute atomic E-state index is 0.150. The van der Waals surface area contributed by atoms with Crippen LogP contribution in [0.5, 0.6) is 0 Å². The predicted octanol–water partition coefficient (Wildman–Crippen LogP) is -0.110. The molecule has 1 fully saturated rings. The highest BCUT2D eigenvalue weighted by molar-refractivity contribution is 5.78. The molecule has 0 aromatic rings. The lowest BCUT2D eigenvalue weighted by Crippen LogP contribution is -2.31. The van der Waals surface area contributed by atoms with Crippen LogP contribution in [0.4, 0.5) is 0 Å². The molecule has 1 atom stereocenters. The first-order chi connectivity index (χ1) is 5.74. The molecule has 0 aromatic carbocycles. The Morgan fingerprint density at radius 1 is 1.83 bits per heavy atom. The molecule has 0 aliphatic carbocycles. The van der Waals surface area contributed by atoms with Gasteiger partial charge in [0.05, 0.1) is 6.10 Å². The Balaban J connectivity index is 2.38. The van der Waals surface area contributed by atoms with Crippen molar-refractivity contribution in [2.24, 2.45) is 5.11 Å². The molecule has 12 heavy (non-hydrogen) atoms. The average Bonchev–Trinajstić information content (AvgIpc) is 2.47. The summed E-state index contributed by atoms with van der Waals surface area (Å²) in [7, 11) is 0. The molecule has 66 valence electrons. The quantitative estimate of drug-likeness (QED) is 0.356. The van der Waals surface area contributed by atoms with Crippen molar-refractivity contribution in [1.29, 1.82) is 0 Å². The molecule has 6 heteroatoms. The van der Waals surface area contributed by atoms with Gasteiger partial charge in [-0.15, -0.1) is 0 Å². The maximum atomic E-state index is 11.1. The molecule has 1 amide bonds. The number of aliphatic hydroxyl groups excluding tert-OH is 1. The van der Waals surface area contributed by atoms with Gasteiger partial charge in [-0.05, 0) is 12.0 Å². The molecule has 1 heterocycles. The Bertz CT molecular complexity index is 224. The second-order valence-corrected chi connectivity index (χ2v) is 2.67. The number of β-amino-alcohol motifs (C(OH)–C–C–N with tert-alkyl or cyclic N) is 1. The zero-order valence-electron chi connectivity index (χ0n) is 6.55. The van der Waals surface area contributed by atoms with E-state index in [9.17, 15) is 4.79 Å². The summed E-state index contributed by atoms with van der Waals surface area (Å²) in [5, 5.41) is 12.2. The molecule has 6 nitrogen and oxygen atoms in total. The molecular weight excluding hydrogens is 160 g/mol. The van der Waals surface area contributed by atoms with Gasteiger partial charge in [0.1, 0.15) is 6.54 Å². The molecular formula is C6H10N4O2. The van der Waals surface area contributed by atoms with Crippen LogP contribution in [0.15, 0.2) is 5.11 Å². The van der Waals surface area contributed by atoms with Gasteiger partial charge in [-0.25, -0.2) is 0 Å². The number of azide groups is 1. The highest BCUT2D eigenvalue weighted by atomic mass is 16.3. The third-order valence-electron chi connectivity index (χ3n) is 1.79. The topological polar surface area (TPSA) is 89.3 Å². The predicted molar refractivity (Wildman–Crippen MR) is 41.2 cm³/mol. The first-order valence-electron chi connectivity index (χ1n) is 3.70. The minimum atomic E-state index is -0.417. The number of hydrogen-bond donors (Lipinski definition) is 1. The maximum absolute atomic E-state index is 11.1. The average molecular weight is 170 g/mol. The van der Waals surface area contributed by atoms with Crippen molar-refractivity contribution in [1.82, 2.24) is 4.90 Å². The van der Waals surface area contributed by atoms with E-state index in [0.717, 1.165) is 0 Å². The third kappa shape index (κ3) is 2.11. The molecule has 1 aliphatic rings. The first-order valence-corrected chi connectivity index (χ1v) is 3.70. The second kappa shape index (κ2) is 3.94. The standard InChI is InChI=1S/C6H10N4O2/c7-9-8-3-6(12)10-2-1-5(11)4-10/h5,11H,1-4H2/t5-/m0/s1. The van der Waals surface area contributed by atoms with E-state index < -0.39 is 6.10 Å². The largest absolute Gasteiger partial charge is 0.391 e. The lowest BCUT2D eigenvalue weighted by atomic mass is 10.3. The van der Waals surface area contributed by atoms with Gasteiger partial charge < -0.3 is 10.0 Å². The summed E-state index contributed by atoms with van der Waals surface area (Å²) >= 11 is 0. The number of rotatable bonds is 2. The number of aliphatic hydroxyl groups is 1. The summed E-state index contributed by atoms with van der Waals surface area (Å²) in [5.74, 6) is -0.218. The van der Waals surface area contributed by atoms with E-state index in [2.05, 4.69) is 10.0 Å². The zero-order chi connectivity index (χ0) is 8.97. The van der Waals surface area contributed by atoms with Crippen molar-refractivity contribution in [2.75, 3.05) is 19.6 Å². The van der Waals surface area contributed by atoms with Gasteiger partial charge in [0.15, 0.2) is 0 Å². The Kier molecular flexibility index (Phi) is 2.90. The highest BCUT2D eigenvalue weighted by Crippen LogP contribution is 2.08. The van der Waals surface area contributed by atoms with Gasteiger partial charge in [-0.1, -0.05) is 5.11 Å². The second-order valence-electron chi connectivity index (χ2n) is 2.67. The molecule has 0 spiro atoms. The molecule has 0 bridgehead atoms. The van der Waals surface area contributed by atoms with E-state index in [1.165, 1.54) is 4.90 Å². The van der Waals surface area contributed by atoms with Gasteiger partial charge in [0, 0.05) is 18.0 Å². The van der Waals surface area contributed by atoms with E-state index in [1.807, 2.05) is 0 Å². The fraction of sp³-hybridized carbons (Fsp3) is 0.833. The van der Waals surface area contributed by atoms with Crippen molar-refractivity contribution in [3.8, 4) is 0 Å². The number of carbonyl (C=O) groups excluding carboxylic acids is 1. The van der Waals surface area contributed by atoms with E-state index in [-0.39, 0.29) is 12.5 Å². The molecule has 0 radical (unpaired) electrons. The van der Waals surface area contributed by atoms with E-state index in [4.69, 9.17) is 10.6 Å². The lowest BCUT2D eigenvalue weighted by Gasteiger charge is -2.13. The van der Waals surface area contributed by atoms with Crippen molar-refractivity contribution < 1.29 is 9.90 Å². The van der Waals surface area contributed by atoms with Crippen molar-refractivity contribution in [2.45, 2.75) is 12.5 Å². The monoisotopic (exact) mass is 170 g/mol. The molecule has 0 aromatic heterocycles. The molecule has 0 saturated carbocycles. The van der Waals surface area contributed by atoms with Crippen LogP contribution in [-0.2, 0) is 4.79 Å². The number of carbonyl (C=O) groups is 1. The Morgan fingerprint density at radius 3 is 3.08 bits per heavy atom. The van der Waals surface area contributed by atoms with Gasteiger partial charge >= 0.3 is 0 Å². The SMILES string of the molecule is [N-]=[N+]=NCC(=O)N1CC[C@H](O)C1. The van der Waals surface area contributed by atoms with E-state index >= 15 is 0 Å². The molecule has 1 saturated heterocycles. The number of nitrogens with zero attached hydrogens (tertiary/aromatic N) is 4. The van der Waals surface area contributed by atoms with E-state index in [0.29, 0.717) is 19.5 Å². The summed E-state index contributed by atoms with van der Waals surface area (Å²) < 4.78 is 0. The normalized spacial score (nSPS) is 22.1. The fourth-order valence-electron chi connectivity index (χ4n) is 1.16. The van der Waals surface area contributed by atoms with Gasteiger partial charge in [-0.2, -0.15) is 0 Å². The summed E-state index contributed by atoms with van der Waals surface area (Å²) in [4.78, 5) is 15.1. The van der Waals surface area contributed by atoms with Crippen LogP contribution < -0.4 is 0 Å². The lowest BCUT2D eigenvalue weighted by molar-refractivity contribution is -0.128. The Labute approximate surface area is 69.4 Å². The number of likely N-dealkylation sites (tertiary alicyclic amines) is 1. The van der Waals surface area contributed by atoms with Gasteiger partial charge in [-0.3, -0.25) is 4.79 Å². The molecule has 1 N–H and O–H groups in total. The smallest absolute Gasteiger partial charge is 0.228 e. The molecule has 0 unspecified atom stereocenters. The summed E-state index contributed by atoms with van der Waals surface area (Å²) in [6.45, 7) is 0.768. The summed E-state index contributed by atoms with van der Waals surface area (Å²) in [6.07, 6.45) is 0.196. The fourth-order valence-corrected chi connectivity index (χ4v) is 1.16. The Hall–Kier alpha value is -1.26. The van der Waals surface area contributed by atoms with Crippen LogP contribution in [0.25, 0.3) is 10.4 Å². The third-order valence-corrected chi connectivity index (χ3v) is 1.79. The van der Waals surface area contributed by atoms with Crippen LogP contribution in [0, 0.1) is 0 Å².